The molecule has 0 aliphatic heterocycles. The Labute approximate surface area is 155 Å². The topological polar surface area (TPSA) is 126 Å². The Morgan fingerprint density at radius 3 is 2.56 bits per heavy atom. The second-order valence-corrected chi connectivity index (χ2v) is 5.60. The maximum atomic E-state index is 12.0. The molecule has 27 heavy (non-hydrogen) atoms. The van der Waals surface area contributed by atoms with Crippen molar-refractivity contribution in [2.75, 3.05) is 14.2 Å². The number of amides is 1. The van der Waals surface area contributed by atoms with Crippen molar-refractivity contribution in [2.24, 2.45) is 5.10 Å². The van der Waals surface area contributed by atoms with E-state index < -0.39 is 16.6 Å². The van der Waals surface area contributed by atoms with E-state index in [0.717, 1.165) is 12.3 Å². The molecule has 2 aromatic rings. The van der Waals surface area contributed by atoms with Gasteiger partial charge in [-0.1, -0.05) is 17.4 Å². The van der Waals surface area contributed by atoms with Gasteiger partial charge in [0.1, 0.15) is 0 Å². The summed E-state index contributed by atoms with van der Waals surface area (Å²) in [7, 11) is 3.01. The zero-order valence-corrected chi connectivity index (χ0v) is 15.0. The van der Waals surface area contributed by atoms with Gasteiger partial charge in [-0.25, -0.2) is 5.43 Å². The number of carbonyl (C=O) groups excluding carboxylic acids is 1. The largest absolute Gasteiger partial charge is 0.872 e. The number of nitro benzene ring substituents is 1. The Bertz CT molecular complexity index is 895. The molecule has 0 aliphatic carbocycles. The highest BCUT2D eigenvalue weighted by atomic mass is 16.6. The summed E-state index contributed by atoms with van der Waals surface area (Å²) in [5.41, 5.74) is 3.00. The van der Waals surface area contributed by atoms with Crippen LogP contribution in [0.5, 0.6) is 17.2 Å². The number of rotatable bonds is 7. The predicted octanol–water partition coefficient (Wildman–Crippen LogP) is 1.69. The fourth-order valence-electron chi connectivity index (χ4n) is 2.37. The molecule has 2 aromatic carbocycles. The molecule has 0 unspecified atom stereocenters. The summed E-state index contributed by atoms with van der Waals surface area (Å²) < 4.78 is 10.3. The first-order chi connectivity index (χ1) is 12.8. The number of aryl methyl sites for hydroxylation is 1. The molecule has 0 atom stereocenters. The predicted molar refractivity (Wildman–Crippen MR) is 96.3 cm³/mol. The van der Waals surface area contributed by atoms with Crippen LogP contribution < -0.4 is 20.0 Å². The second-order valence-electron chi connectivity index (χ2n) is 5.60. The Morgan fingerprint density at radius 1 is 1.22 bits per heavy atom. The Morgan fingerprint density at radius 2 is 1.93 bits per heavy atom. The van der Waals surface area contributed by atoms with Crippen LogP contribution in [0.2, 0.25) is 0 Å². The summed E-state index contributed by atoms with van der Waals surface area (Å²) in [4.78, 5) is 22.3. The van der Waals surface area contributed by atoms with Gasteiger partial charge in [-0.3, -0.25) is 14.9 Å². The molecule has 1 amide bonds. The molecule has 2 rings (SSSR count). The van der Waals surface area contributed by atoms with Crippen molar-refractivity contribution in [1.82, 2.24) is 5.43 Å². The van der Waals surface area contributed by atoms with E-state index >= 15 is 0 Å². The van der Waals surface area contributed by atoms with Crippen LogP contribution >= 0.6 is 0 Å². The van der Waals surface area contributed by atoms with Crippen molar-refractivity contribution < 1.29 is 24.3 Å². The number of nitrogens with zero attached hydrogens (tertiary/aromatic N) is 2. The van der Waals surface area contributed by atoms with Gasteiger partial charge in [-0.2, -0.15) is 5.10 Å². The van der Waals surface area contributed by atoms with Gasteiger partial charge in [0.25, 0.3) is 5.69 Å². The first-order valence-electron chi connectivity index (χ1n) is 7.84. The van der Waals surface area contributed by atoms with Crippen LogP contribution in [0.25, 0.3) is 0 Å². The normalized spacial score (nSPS) is 10.6. The summed E-state index contributed by atoms with van der Waals surface area (Å²) in [6, 6.07) is 7.36. The van der Waals surface area contributed by atoms with Gasteiger partial charge in [-0.15, -0.1) is 0 Å². The minimum absolute atomic E-state index is 0.0214. The Balaban J connectivity index is 2.06. The first kappa shape index (κ1) is 19.7. The molecular formula is C18H18N3O6-. The average molecular weight is 372 g/mol. The quantitative estimate of drug-likeness (QED) is 0.448. The van der Waals surface area contributed by atoms with Crippen molar-refractivity contribution in [3.8, 4) is 17.2 Å². The fourth-order valence-corrected chi connectivity index (χ4v) is 2.37. The number of non-ortho nitro benzene ring substituents is 1. The van der Waals surface area contributed by atoms with Gasteiger partial charge in [0.05, 0.1) is 31.8 Å². The van der Waals surface area contributed by atoms with E-state index in [1.807, 2.05) is 0 Å². The number of hydrazone groups is 1. The van der Waals surface area contributed by atoms with E-state index in [-0.39, 0.29) is 23.2 Å². The third kappa shape index (κ3) is 4.94. The summed E-state index contributed by atoms with van der Waals surface area (Å²) in [5.74, 6) is 0.227. The van der Waals surface area contributed by atoms with Gasteiger partial charge in [0, 0.05) is 12.1 Å². The molecule has 1 N–H and O–H groups in total. The molecule has 0 heterocycles. The molecule has 0 aromatic heterocycles. The molecule has 0 spiro atoms. The number of ether oxygens (including phenoxy) is 2. The van der Waals surface area contributed by atoms with E-state index in [1.165, 1.54) is 27.2 Å². The van der Waals surface area contributed by atoms with Crippen molar-refractivity contribution >= 4 is 17.8 Å². The summed E-state index contributed by atoms with van der Waals surface area (Å²) in [5, 5.41) is 26.6. The lowest BCUT2D eigenvalue weighted by molar-refractivity contribution is -0.385. The second kappa shape index (κ2) is 8.65. The van der Waals surface area contributed by atoms with Gasteiger partial charge < -0.3 is 14.6 Å². The minimum atomic E-state index is -0.598. The van der Waals surface area contributed by atoms with Crippen LogP contribution in [-0.4, -0.2) is 31.3 Å². The van der Waals surface area contributed by atoms with Gasteiger partial charge in [0.15, 0.2) is 11.5 Å². The lowest BCUT2D eigenvalue weighted by Gasteiger charge is -2.13. The lowest BCUT2D eigenvalue weighted by Crippen LogP contribution is -2.20. The van der Waals surface area contributed by atoms with Crippen LogP contribution in [0.3, 0.4) is 0 Å². The number of carbonyl (C=O) groups is 1. The Kier molecular flexibility index (Phi) is 6.32. The highest BCUT2D eigenvalue weighted by Crippen LogP contribution is 2.27. The molecule has 0 aliphatic rings. The molecule has 0 fully saturated rings. The van der Waals surface area contributed by atoms with Gasteiger partial charge in [-0.05, 0) is 30.2 Å². The molecule has 0 radical (unpaired) electrons. The zero-order valence-electron chi connectivity index (χ0n) is 15.0. The molecule has 0 saturated carbocycles. The fraction of sp³-hybridized carbons (Fsp3) is 0.222. The van der Waals surface area contributed by atoms with Gasteiger partial charge >= 0.3 is 0 Å². The van der Waals surface area contributed by atoms with Crippen LogP contribution in [0.1, 0.15) is 16.7 Å². The lowest BCUT2D eigenvalue weighted by atomic mass is 10.1. The number of nitrogens with one attached hydrogen (secondary N) is 1. The van der Waals surface area contributed by atoms with E-state index in [1.54, 1.807) is 18.2 Å². The molecule has 0 saturated heterocycles. The third-order valence-corrected chi connectivity index (χ3v) is 3.70. The van der Waals surface area contributed by atoms with Crippen LogP contribution in [0.4, 0.5) is 5.69 Å². The smallest absolute Gasteiger partial charge is 0.270 e. The highest BCUT2D eigenvalue weighted by molar-refractivity contribution is 5.87. The number of hydrogen-bond acceptors (Lipinski definition) is 7. The molecule has 142 valence electrons. The van der Waals surface area contributed by atoms with Crippen molar-refractivity contribution in [3.63, 3.8) is 0 Å². The number of methoxy groups -OCH3 is 2. The third-order valence-electron chi connectivity index (χ3n) is 3.70. The van der Waals surface area contributed by atoms with Crippen molar-refractivity contribution in [1.29, 1.82) is 0 Å². The van der Waals surface area contributed by atoms with Crippen molar-refractivity contribution in [2.45, 2.75) is 13.3 Å². The minimum Gasteiger partial charge on any atom is -0.872 e. The number of nitro groups is 1. The zero-order chi connectivity index (χ0) is 20.0. The number of hydrogen-bond donors (Lipinski definition) is 1. The highest BCUT2D eigenvalue weighted by Gasteiger charge is 2.10. The number of benzene rings is 2. The maximum absolute atomic E-state index is 12.0. The standard InChI is InChI=1S/C18H19N3O6/c1-11-6-14(21(24)25)9-13(18(11)23)10-19-20-17(22)8-12-4-5-15(26-2)16(7-12)27-3/h4-7,9-10,23H,8H2,1-3H3,(H,20,22)/p-1/b19-10-. The van der Waals surface area contributed by atoms with E-state index in [0.29, 0.717) is 17.1 Å². The van der Waals surface area contributed by atoms with E-state index in [4.69, 9.17) is 9.47 Å². The maximum Gasteiger partial charge on any atom is 0.270 e. The SMILES string of the molecule is COc1ccc(CC(=O)N/N=C\c2cc([N+](=O)[O-])cc(C)c2[O-])cc1OC. The van der Waals surface area contributed by atoms with E-state index in [2.05, 4.69) is 10.5 Å². The molecule has 9 nitrogen and oxygen atoms in total. The molecule has 0 bridgehead atoms. The average Bonchev–Trinajstić information content (AvgIpc) is 2.64. The van der Waals surface area contributed by atoms with Crippen LogP contribution in [0.15, 0.2) is 35.4 Å². The van der Waals surface area contributed by atoms with Gasteiger partial charge in [0.2, 0.25) is 5.91 Å². The monoisotopic (exact) mass is 372 g/mol. The summed E-state index contributed by atoms with van der Waals surface area (Å²) in [6.07, 6.45) is 1.12. The summed E-state index contributed by atoms with van der Waals surface area (Å²) >= 11 is 0. The Hall–Kier alpha value is -3.62. The van der Waals surface area contributed by atoms with Crippen molar-refractivity contribution in [3.05, 3.63) is 57.1 Å². The van der Waals surface area contributed by atoms with Crippen LogP contribution in [-0.2, 0) is 11.2 Å². The molecule has 9 heteroatoms. The van der Waals surface area contributed by atoms with E-state index in [9.17, 15) is 20.0 Å². The first-order valence-corrected chi connectivity index (χ1v) is 7.84. The van der Waals surface area contributed by atoms with Crippen LogP contribution in [0, 0.1) is 17.0 Å². The molecular weight excluding hydrogens is 354 g/mol. The summed E-state index contributed by atoms with van der Waals surface area (Å²) in [6.45, 7) is 1.47.